The van der Waals surface area contributed by atoms with Crippen LogP contribution in [0.4, 0.5) is 5.69 Å². The average Bonchev–Trinajstić information content (AvgIpc) is 3.09. The molecule has 1 aliphatic heterocycles. The first-order valence-electron chi connectivity index (χ1n) is 9.40. The van der Waals surface area contributed by atoms with Gasteiger partial charge in [-0.1, -0.05) is 6.07 Å². The Hall–Kier alpha value is -2.11. The Morgan fingerprint density at radius 3 is 2.74 bits per heavy atom. The quantitative estimate of drug-likeness (QED) is 0.843. The van der Waals surface area contributed by atoms with E-state index in [1.165, 1.54) is 11.1 Å². The van der Waals surface area contributed by atoms with Crippen molar-refractivity contribution in [3.05, 3.63) is 62.7 Å². The minimum absolute atomic E-state index is 0. The van der Waals surface area contributed by atoms with E-state index in [4.69, 9.17) is 4.42 Å². The summed E-state index contributed by atoms with van der Waals surface area (Å²) in [5.41, 5.74) is 3.58. The second-order valence-corrected chi connectivity index (χ2v) is 7.33. The summed E-state index contributed by atoms with van der Waals surface area (Å²) < 4.78 is 5.51. The molecule has 1 aliphatic carbocycles. The first-order valence-corrected chi connectivity index (χ1v) is 9.40. The molecule has 1 amide bonds. The molecule has 1 aromatic heterocycles. The lowest BCUT2D eigenvalue weighted by atomic mass is 9.95. The Kier molecular flexibility index (Phi) is 6.02. The van der Waals surface area contributed by atoms with Gasteiger partial charge in [-0.25, -0.2) is 4.79 Å². The summed E-state index contributed by atoms with van der Waals surface area (Å²) in [5.74, 6) is 0.472. The summed E-state index contributed by atoms with van der Waals surface area (Å²) in [5, 5.41) is 6.18. The number of aryl methyl sites for hydroxylation is 3. The van der Waals surface area contributed by atoms with Crippen LogP contribution in [-0.4, -0.2) is 19.0 Å². The van der Waals surface area contributed by atoms with E-state index < -0.39 is 11.5 Å². The number of hydrogen-bond acceptors (Lipinski definition) is 4. The number of nitrogens with one attached hydrogen (secondary N) is 2. The van der Waals surface area contributed by atoms with Crippen LogP contribution in [0.25, 0.3) is 0 Å². The molecule has 0 radical (unpaired) electrons. The zero-order chi connectivity index (χ0) is 18.1. The number of carbonyl (C=O) groups excluding carboxylic acids is 1. The summed E-state index contributed by atoms with van der Waals surface area (Å²) in [7, 11) is 0. The van der Waals surface area contributed by atoms with Crippen LogP contribution < -0.4 is 16.3 Å². The third-order valence-electron chi connectivity index (χ3n) is 5.45. The van der Waals surface area contributed by atoms with E-state index in [2.05, 4.69) is 16.7 Å². The van der Waals surface area contributed by atoms with Crippen molar-refractivity contribution in [3.8, 4) is 0 Å². The number of rotatable bonds is 3. The van der Waals surface area contributed by atoms with Gasteiger partial charge < -0.3 is 15.1 Å². The van der Waals surface area contributed by atoms with Crippen LogP contribution in [0.1, 0.15) is 58.0 Å². The van der Waals surface area contributed by atoms with E-state index in [-0.39, 0.29) is 23.9 Å². The van der Waals surface area contributed by atoms with Gasteiger partial charge in [0.05, 0.1) is 0 Å². The molecule has 4 rings (SSSR count). The van der Waals surface area contributed by atoms with E-state index in [0.29, 0.717) is 11.3 Å². The van der Waals surface area contributed by atoms with Gasteiger partial charge >= 0.3 is 5.63 Å². The monoisotopic (exact) mass is 388 g/mol. The van der Waals surface area contributed by atoms with Crippen molar-refractivity contribution < 1.29 is 9.21 Å². The lowest BCUT2D eigenvalue weighted by Crippen LogP contribution is -2.30. The fourth-order valence-corrected chi connectivity index (χ4v) is 4.04. The summed E-state index contributed by atoms with van der Waals surface area (Å²) in [4.78, 5) is 25.1. The maximum atomic E-state index is 12.7. The first-order chi connectivity index (χ1) is 12.6. The van der Waals surface area contributed by atoms with Crippen LogP contribution in [0.2, 0.25) is 0 Å². The SMILES string of the molecule is Cc1cc(C2CCCNC2)oc(=O)c1C(=O)Nc1ccc2c(c1)CCC2.Cl. The standard InChI is InChI=1S/C21H24N2O3.ClH/c1-13-10-18(16-6-3-9-22-12-16)26-21(25)19(13)20(24)23-17-8-7-14-4-2-5-15(14)11-17;/h7-8,10-11,16,22H,2-6,9,12H2,1H3,(H,23,24);1H. The molecule has 5 nitrogen and oxygen atoms in total. The Morgan fingerprint density at radius 1 is 1.19 bits per heavy atom. The zero-order valence-corrected chi connectivity index (χ0v) is 16.3. The molecule has 27 heavy (non-hydrogen) atoms. The summed E-state index contributed by atoms with van der Waals surface area (Å²) in [6, 6.07) is 7.82. The van der Waals surface area contributed by atoms with Gasteiger partial charge in [0.15, 0.2) is 0 Å². The predicted molar refractivity (Wildman–Crippen MR) is 108 cm³/mol. The third-order valence-corrected chi connectivity index (χ3v) is 5.45. The first kappa shape index (κ1) is 19.6. The van der Waals surface area contributed by atoms with Crippen molar-refractivity contribution in [1.29, 1.82) is 0 Å². The molecule has 144 valence electrons. The summed E-state index contributed by atoms with van der Waals surface area (Å²) in [6.45, 7) is 3.61. The van der Waals surface area contributed by atoms with E-state index >= 15 is 0 Å². The topological polar surface area (TPSA) is 71.3 Å². The summed E-state index contributed by atoms with van der Waals surface area (Å²) >= 11 is 0. The Morgan fingerprint density at radius 2 is 2.00 bits per heavy atom. The normalized spacial score (nSPS) is 18.5. The number of halogens is 1. The van der Waals surface area contributed by atoms with Crippen molar-refractivity contribution in [3.63, 3.8) is 0 Å². The lowest BCUT2D eigenvalue weighted by molar-refractivity contribution is 0.102. The van der Waals surface area contributed by atoms with E-state index in [1.54, 1.807) is 6.92 Å². The molecule has 6 heteroatoms. The predicted octanol–water partition coefficient (Wildman–Crippen LogP) is 3.58. The second-order valence-electron chi connectivity index (χ2n) is 7.33. The van der Waals surface area contributed by atoms with Gasteiger partial charge in [-0.2, -0.15) is 0 Å². The zero-order valence-electron chi connectivity index (χ0n) is 15.5. The highest BCUT2D eigenvalue weighted by molar-refractivity contribution is 6.05. The number of amides is 1. The van der Waals surface area contributed by atoms with Crippen molar-refractivity contribution in [2.75, 3.05) is 18.4 Å². The van der Waals surface area contributed by atoms with E-state index in [9.17, 15) is 9.59 Å². The van der Waals surface area contributed by atoms with Gasteiger partial charge in [-0.15, -0.1) is 12.4 Å². The van der Waals surface area contributed by atoms with Crippen molar-refractivity contribution >= 4 is 24.0 Å². The van der Waals surface area contributed by atoms with Crippen molar-refractivity contribution in [2.24, 2.45) is 0 Å². The molecule has 2 aromatic rings. The molecule has 0 bridgehead atoms. The molecular formula is C21H25ClN2O3. The van der Waals surface area contributed by atoms with Crippen LogP contribution in [0, 0.1) is 6.92 Å². The second kappa shape index (κ2) is 8.28. The maximum Gasteiger partial charge on any atom is 0.349 e. The number of hydrogen-bond donors (Lipinski definition) is 2. The van der Waals surface area contributed by atoms with Crippen molar-refractivity contribution in [2.45, 2.75) is 44.9 Å². The number of carbonyl (C=O) groups is 1. The van der Waals surface area contributed by atoms with Crippen molar-refractivity contribution in [1.82, 2.24) is 5.32 Å². The smallest absolute Gasteiger partial charge is 0.349 e. The maximum absolute atomic E-state index is 12.7. The molecule has 1 fully saturated rings. The minimum Gasteiger partial charge on any atom is -0.427 e. The number of anilines is 1. The van der Waals surface area contributed by atoms with E-state index in [1.807, 2.05) is 18.2 Å². The van der Waals surface area contributed by atoms with Crippen LogP contribution in [0.5, 0.6) is 0 Å². The average molecular weight is 389 g/mol. The Balaban J connectivity index is 0.00000210. The molecule has 0 saturated carbocycles. The molecule has 1 unspecified atom stereocenters. The van der Waals surface area contributed by atoms with Crippen LogP contribution in [0.15, 0.2) is 33.5 Å². The van der Waals surface area contributed by atoms with Crippen LogP contribution >= 0.6 is 12.4 Å². The largest absolute Gasteiger partial charge is 0.427 e. The molecule has 2 heterocycles. The third kappa shape index (κ3) is 4.09. The van der Waals surface area contributed by atoms with Gasteiger partial charge in [0.25, 0.3) is 5.91 Å². The highest BCUT2D eigenvalue weighted by Gasteiger charge is 2.23. The number of piperidine rings is 1. The molecule has 1 saturated heterocycles. The number of benzene rings is 1. The molecule has 0 spiro atoms. The van der Waals surface area contributed by atoms with Gasteiger partial charge in [-0.3, -0.25) is 4.79 Å². The summed E-state index contributed by atoms with van der Waals surface area (Å²) in [6.07, 6.45) is 5.37. The van der Waals surface area contributed by atoms with Crippen LogP contribution in [-0.2, 0) is 12.8 Å². The molecular weight excluding hydrogens is 364 g/mol. The molecule has 1 aromatic carbocycles. The number of fused-ring (bicyclic) bond motifs is 1. The molecule has 2 N–H and O–H groups in total. The highest BCUT2D eigenvalue weighted by atomic mass is 35.5. The minimum atomic E-state index is -0.552. The Labute approximate surface area is 165 Å². The van der Waals surface area contributed by atoms with Gasteiger partial charge in [0, 0.05) is 18.2 Å². The molecule has 1 atom stereocenters. The van der Waals surface area contributed by atoms with Gasteiger partial charge in [-0.05, 0) is 80.5 Å². The Bertz CT molecular complexity index is 901. The lowest BCUT2D eigenvalue weighted by Gasteiger charge is -2.22. The fourth-order valence-electron chi connectivity index (χ4n) is 4.04. The fraction of sp³-hybridized carbons (Fsp3) is 0.429. The van der Waals surface area contributed by atoms with Gasteiger partial charge in [0.2, 0.25) is 0 Å². The van der Waals surface area contributed by atoms with Gasteiger partial charge in [0.1, 0.15) is 11.3 Å². The van der Waals surface area contributed by atoms with E-state index in [0.717, 1.165) is 50.9 Å². The van der Waals surface area contributed by atoms with Crippen LogP contribution in [0.3, 0.4) is 0 Å². The highest BCUT2D eigenvalue weighted by Crippen LogP contribution is 2.26. The molecule has 2 aliphatic rings.